The van der Waals surface area contributed by atoms with Crippen molar-refractivity contribution < 1.29 is 23.1 Å². The number of nitrogens with two attached hydrogens (primary N) is 1. The molecule has 0 saturated heterocycles. The molecular formula is C4H8F3NO2. The summed E-state index contributed by atoms with van der Waals surface area (Å²) in [7, 11) is 0. The van der Waals surface area contributed by atoms with Crippen LogP contribution in [0.3, 0.4) is 0 Å². The van der Waals surface area contributed by atoms with Crippen molar-refractivity contribution in [3.63, 3.8) is 0 Å². The standard InChI is InChI=1S/C4H8F3NO2/c5-4(6,7)3(1-9)2-10-8/h3,9H,1-2,8H2. The molecule has 0 aliphatic rings. The van der Waals surface area contributed by atoms with Gasteiger partial charge in [0.15, 0.2) is 0 Å². The molecule has 1 atom stereocenters. The summed E-state index contributed by atoms with van der Waals surface area (Å²) in [6.07, 6.45) is -4.44. The summed E-state index contributed by atoms with van der Waals surface area (Å²) in [4.78, 5) is 3.74. The average Bonchev–Trinajstić information content (AvgIpc) is 1.80. The fourth-order valence-corrected chi connectivity index (χ4v) is 0.367. The van der Waals surface area contributed by atoms with Crippen LogP contribution in [0.5, 0.6) is 0 Å². The fourth-order valence-electron chi connectivity index (χ4n) is 0.367. The third-order valence-corrected chi connectivity index (χ3v) is 0.981. The van der Waals surface area contributed by atoms with Gasteiger partial charge in [0.1, 0.15) is 5.92 Å². The molecule has 0 heterocycles. The van der Waals surface area contributed by atoms with Crippen LogP contribution in [0.1, 0.15) is 0 Å². The molecule has 0 rings (SSSR count). The van der Waals surface area contributed by atoms with Crippen molar-refractivity contribution in [2.24, 2.45) is 11.8 Å². The van der Waals surface area contributed by atoms with E-state index in [-0.39, 0.29) is 0 Å². The van der Waals surface area contributed by atoms with Crippen LogP contribution in [0.4, 0.5) is 13.2 Å². The second-order valence-corrected chi connectivity index (χ2v) is 1.75. The molecule has 0 aliphatic carbocycles. The summed E-state index contributed by atoms with van der Waals surface area (Å²) < 4.78 is 34.8. The van der Waals surface area contributed by atoms with E-state index >= 15 is 0 Å². The Labute approximate surface area is 55.5 Å². The molecule has 3 nitrogen and oxygen atoms in total. The predicted octanol–water partition coefficient (Wildman–Crippen LogP) is 0.0475. The third-order valence-electron chi connectivity index (χ3n) is 0.981. The van der Waals surface area contributed by atoms with Crippen LogP contribution in [0.2, 0.25) is 0 Å². The quantitative estimate of drug-likeness (QED) is 0.572. The number of hydrogen-bond donors (Lipinski definition) is 2. The Balaban J connectivity index is 3.81. The summed E-state index contributed by atoms with van der Waals surface area (Å²) in [5, 5.41) is 8.14. The highest BCUT2D eigenvalue weighted by Gasteiger charge is 2.39. The fraction of sp³-hybridized carbons (Fsp3) is 1.00. The molecule has 0 fully saturated rings. The van der Waals surface area contributed by atoms with E-state index in [1.807, 2.05) is 0 Å². The van der Waals surface area contributed by atoms with Crippen molar-refractivity contribution in [1.82, 2.24) is 0 Å². The highest BCUT2D eigenvalue weighted by molar-refractivity contribution is 4.64. The van der Waals surface area contributed by atoms with Crippen LogP contribution < -0.4 is 5.90 Å². The molecule has 0 aromatic carbocycles. The van der Waals surface area contributed by atoms with Gasteiger partial charge >= 0.3 is 6.18 Å². The lowest BCUT2D eigenvalue weighted by atomic mass is 10.2. The largest absolute Gasteiger partial charge is 0.396 e. The molecule has 0 aliphatic heterocycles. The Morgan fingerprint density at radius 2 is 2.00 bits per heavy atom. The third kappa shape index (κ3) is 3.00. The predicted molar refractivity (Wildman–Crippen MR) is 26.8 cm³/mol. The minimum Gasteiger partial charge on any atom is -0.396 e. The maximum atomic E-state index is 11.6. The molecule has 0 aromatic heterocycles. The first kappa shape index (κ1) is 9.67. The highest BCUT2D eigenvalue weighted by Crippen LogP contribution is 2.25. The molecule has 0 radical (unpaired) electrons. The molecule has 1 unspecified atom stereocenters. The first-order chi connectivity index (χ1) is 4.52. The lowest BCUT2D eigenvalue weighted by Gasteiger charge is -2.15. The number of aliphatic hydroxyl groups is 1. The zero-order valence-corrected chi connectivity index (χ0v) is 5.06. The van der Waals surface area contributed by atoms with Gasteiger partial charge in [0.05, 0.1) is 13.2 Å². The molecule has 0 amide bonds. The van der Waals surface area contributed by atoms with Gasteiger partial charge in [-0.25, -0.2) is 5.90 Å². The minimum absolute atomic E-state index is 0.708. The average molecular weight is 159 g/mol. The Kier molecular flexibility index (Phi) is 3.62. The number of halogens is 3. The van der Waals surface area contributed by atoms with Crippen LogP contribution in [-0.4, -0.2) is 24.5 Å². The zero-order valence-electron chi connectivity index (χ0n) is 5.06. The number of aliphatic hydroxyl groups excluding tert-OH is 1. The number of rotatable bonds is 3. The van der Waals surface area contributed by atoms with E-state index in [1.165, 1.54) is 0 Å². The summed E-state index contributed by atoms with van der Waals surface area (Å²) in [5.74, 6) is 2.51. The maximum Gasteiger partial charge on any atom is 0.396 e. The van der Waals surface area contributed by atoms with E-state index in [0.717, 1.165) is 0 Å². The molecule has 0 aromatic rings. The normalized spacial score (nSPS) is 15.3. The van der Waals surface area contributed by atoms with Crippen molar-refractivity contribution in [3.8, 4) is 0 Å². The topological polar surface area (TPSA) is 55.5 Å². The van der Waals surface area contributed by atoms with Crippen LogP contribution >= 0.6 is 0 Å². The molecule has 6 heteroatoms. The summed E-state index contributed by atoms with van der Waals surface area (Å²) in [6.45, 7) is -1.71. The Hall–Kier alpha value is -0.330. The first-order valence-electron chi connectivity index (χ1n) is 2.51. The van der Waals surface area contributed by atoms with E-state index in [0.29, 0.717) is 0 Å². The highest BCUT2D eigenvalue weighted by atomic mass is 19.4. The molecule has 0 bridgehead atoms. The van der Waals surface area contributed by atoms with Crippen molar-refractivity contribution in [2.45, 2.75) is 6.18 Å². The van der Waals surface area contributed by atoms with Crippen molar-refractivity contribution in [3.05, 3.63) is 0 Å². The van der Waals surface area contributed by atoms with Gasteiger partial charge in [-0.1, -0.05) is 0 Å². The van der Waals surface area contributed by atoms with Crippen molar-refractivity contribution in [1.29, 1.82) is 0 Å². The van der Waals surface area contributed by atoms with E-state index in [2.05, 4.69) is 10.7 Å². The molecule has 3 N–H and O–H groups in total. The Morgan fingerprint density at radius 3 is 2.10 bits per heavy atom. The summed E-state index contributed by atoms with van der Waals surface area (Å²) in [5.41, 5.74) is 0. The number of alkyl halides is 3. The van der Waals surface area contributed by atoms with Gasteiger partial charge in [-0.3, -0.25) is 0 Å². The molecule has 62 valence electrons. The van der Waals surface area contributed by atoms with Gasteiger partial charge in [-0.2, -0.15) is 13.2 Å². The van der Waals surface area contributed by atoms with Gasteiger partial charge in [-0.05, 0) is 0 Å². The lowest BCUT2D eigenvalue weighted by molar-refractivity contribution is -0.197. The summed E-state index contributed by atoms with van der Waals surface area (Å²) >= 11 is 0. The smallest absolute Gasteiger partial charge is 0.396 e. The van der Waals surface area contributed by atoms with Gasteiger partial charge in [0, 0.05) is 0 Å². The Bertz CT molecular complexity index is 95.0. The molecule has 0 spiro atoms. The van der Waals surface area contributed by atoms with Crippen LogP contribution in [0.15, 0.2) is 0 Å². The Morgan fingerprint density at radius 1 is 1.50 bits per heavy atom. The van der Waals surface area contributed by atoms with E-state index in [9.17, 15) is 13.2 Å². The van der Waals surface area contributed by atoms with Gasteiger partial charge in [0.25, 0.3) is 0 Å². The number of hydrogen-bond acceptors (Lipinski definition) is 3. The minimum atomic E-state index is -4.44. The van der Waals surface area contributed by atoms with Crippen molar-refractivity contribution >= 4 is 0 Å². The first-order valence-corrected chi connectivity index (χ1v) is 2.51. The lowest BCUT2D eigenvalue weighted by Crippen LogP contribution is -2.31. The van der Waals surface area contributed by atoms with Gasteiger partial charge in [0.2, 0.25) is 0 Å². The van der Waals surface area contributed by atoms with Gasteiger partial charge < -0.3 is 9.94 Å². The second kappa shape index (κ2) is 3.75. The van der Waals surface area contributed by atoms with E-state index in [4.69, 9.17) is 5.11 Å². The monoisotopic (exact) mass is 159 g/mol. The van der Waals surface area contributed by atoms with Crippen LogP contribution in [0.25, 0.3) is 0 Å². The SMILES string of the molecule is NOCC(CO)C(F)(F)F. The molecular weight excluding hydrogens is 151 g/mol. The second-order valence-electron chi connectivity index (χ2n) is 1.75. The molecule has 0 saturated carbocycles. The van der Waals surface area contributed by atoms with E-state index in [1.54, 1.807) is 0 Å². The van der Waals surface area contributed by atoms with Gasteiger partial charge in [-0.15, -0.1) is 0 Å². The zero-order chi connectivity index (χ0) is 8.20. The summed E-state index contributed by atoms with van der Waals surface area (Å²) in [6, 6.07) is 0. The van der Waals surface area contributed by atoms with Crippen LogP contribution in [0, 0.1) is 5.92 Å². The van der Waals surface area contributed by atoms with Crippen LogP contribution in [-0.2, 0) is 4.84 Å². The van der Waals surface area contributed by atoms with Crippen molar-refractivity contribution in [2.75, 3.05) is 13.2 Å². The maximum absolute atomic E-state index is 11.6. The van der Waals surface area contributed by atoms with E-state index < -0.39 is 25.3 Å². The molecule has 10 heavy (non-hydrogen) atoms.